The van der Waals surface area contributed by atoms with Crippen LogP contribution in [-0.4, -0.2) is 43.9 Å². The second kappa shape index (κ2) is 6.33. The zero-order valence-electron chi connectivity index (χ0n) is 12.2. The lowest BCUT2D eigenvalue weighted by atomic mass is 10.1. The van der Waals surface area contributed by atoms with Gasteiger partial charge < -0.3 is 10.0 Å². The van der Waals surface area contributed by atoms with Crippen LogP contribution in [0.15, 0.2) is 24.4 Å². The van der Waals surface area contributed by atoms with Crippen LogP contribution >= 0.6 is 0 Å². The molecule has 0 radical (unpaired) electrons. The van der Waals surface area contributed by atoms with Gasteiger partial charge >= 0.3 is 5.97 Å². The molecule has 2 rings (SSSR count). The first-order valence-electron chi connectivity index (χ1n) is 6.49. The van der Waals surface area contributed by atoms with Gasteiger partial charge in [0.1, 0.15) is 12.4 Å². The zero-order chi connectivity index (χ0) is 16.3. The normalized spacial score (nSPS) is 10.5. The van der Waals surface area contributed by atoms with Crippen LogP contribution in [0.3, 0.4) is 0 Å². The third kappa shape index (κ3) is 3.66. The number of amides is 1. The topological polar surface area (TPSA) is 88.3 Å². The highest BCUT2D eigenvalue weighted by Gasteiger charge is 2.15. The molecule has 1 amide bonds. The molecule has 1 aromatic carbocycles. The molecule has 0 fully saturated rings. The number of hydrogen-bond acceptors (Lipinski definition) is 4. The molecule has 0 atom stereocenters. The summed E-state index contributed by atoms with van der Waals surface area (Å²) in [6, 6.07) is 4.69. The number of aryl methyl sites for hydroxylation is 1. The molecule has 7 nitrogen and oxygen atoms in total. The van der Waals surface area contributed by atoms with Gasteiger partial charge in [0.05, 0.1) is 6.20 Å². The predicted molar refractivity (Wildman–Crippen MR) is 74.6 cm³/mol. The van der Waals surface area contributed by atoms with Crippen LogP contribution in [0.2, 0.25) is 0 Å². The first-order chi connectivity index (χ1) is 10.4. The Hall–Kier alpha value is -2.77. The van der Waals surface area contributed by atoms with Crippen molar-refractivity contribution in [1.82, 2.24) is 19.9 Å². The van der Waals surface area contributed by atoms with Crippen molar-refractivity contribution in [3.05, 3.63) is 47.0 Å². The van der Waals surface area contributed by atoms with E-state index in [1.165, 1.54) is 17.2 Å². The van der Waals surface area contributed by atoms with Gasteiger partial charge in [0.15, 0.2) is 5.69 Å². The average Bonchev–Trinajstić information content (AvgIpc) is 2.91. The van der Waals surface area contributed by atoms with Crippen LogP contribution in [0.5, 0.6) is 0 Å². The molecule has 1 aromatic heterocycles. The fourth-order valence-corrected chi connectivity index (χ4v) is 1.90. The second-order valence-corrected chi connectivity index (χ2v) is 4.95. The fraction of sp³-hybridized carbons (Fsp3) is 0.286. The van der Waals surface area contributed by atoms with E-state index in [0.717, 1.165) is 10.2 Å². The van der Waals surface area contributed by atoms with Crippen molar-refractivity contribution in [2.45, 2.75) is 20.0 Å². The molecular weight excluding hydrogens is 291 g/mol. The van der Waals surface area contributed by atoms with Gasteiger partial charge in [-0.15, -0.1) is 5.10 Å². The number of rotatable bonds is 5. The van der Waals surface area contributed by atoms with E-state index in [9.17, 15) is 14.0 Å². The van der Waals surface area contributed by atoms with Gasteiger partial charge in [-0.1, -0.05) is 22.9 Å². The maximum Gasteiger partial charge on any atom is 0.358 e. The van der Waals surface area contributed by atoms with Crippen LogP contribution in [0.1, 0.15) is 21.6 Å². The lowest BCUT2D eigenvalue weighted by Crippen LogP contribution is -2.30. The van der Waals surface area contributed by atoms with E-state index in [1.807, 2.05) is 6.92 Å². The number of carboxylic acids is 1. The Morgan fingerprint density at radius 2 is 2.14 bits per heavy atom. The molecule has 0 aliphatic heterocycles. The SMILES string of the molecule is Cc1ccc(F)c(CN(C)C(=O)Cn2cc(C(=O)O)nn2)c1. The molecule has 1 heterocycles. The Bertz CT molecular complexity index is 714. The molecule has 0 bridgehead atoms. The van der Waals surface area contributed by atoms with Gasteiger partial charge in [-0.2, -0.15) is 0 Å². The Morgan fingerprint density at radius 3 is 2.77 bits per heavy atom. The van der Waals surface area contributed by atoms with E-state index < -0.39 is 5.97 Å². The minimum Gasteiger partial charge on any atom is -0.476 e. The van der Waals surface area contributed by atoms with Crippen LogP contribution in [0.25, 0.3) is 0 Å². The molecule has 8 heteroatoms. The summed E-state index contributed by atoms with van der Waals surface area (Å²) in [6.45, 7) is 1.80. The first kappa shape index (κ1) is 15.6. The number of hydrogen-bond donors (Lipinski definition) is 1. The van der Waals surface area contributed by atoms with E-state index in [-0.39, 0.29) is 30.5 Å². The maximum atomic E-state index is 13.7. The largest absolute Gasteiger partial charge is 0.476 e. The van der Waals surface area contributed by atoms with Gasteiger partial charge in [-0.25, -0.2) is 13.9 Å². The van der Waals surface area contributed by atoms with Gasteiger partial charge in [-0.3, -0.25) is 4.79 Å². The quantitative estimate of drug-likeness (QED) is 0.893. The summed E-state index contributed by atoms with van der Waals surface area (Å²) in [7, 11) is 1.54. The molecule has 22 heavy (non-hydrogen) atoms. The number of benzene rings is 1. The number of aromatic carboxylic acids is 1. The highest BCUT2D eigenvalue weighted by molar-refractivity contribution is 5.84. The number of carbonyl (C=O) groups is 2. The molecule has 1 N–H and O–H groups in total. The number of halogens is 1. The van der Waals surface area contributed by atoms with Gasteiger partial charge in [0.2, 0.25) is 5.91 Å². The van der Waals surface area contributed by atoms with E-state index >= 15 is 0 Å². The van der Waals surface area contributed by atoms with Crippen LogP contribution in [0.4, 0.5) is 4.39 Å². The van der Waals surface area contributed by atoms with Crippen LogP contribution in [-0.2, 0) is 17.9 Å². The summed E-state index contributed by atoms with van der Waals surface area (Å²) < 4.78 is 14.8. The van der Waals surface area contributed by atoms with Gasteiger partial charge in [0, 0.05) is 19.2 Å². The maximum absolute atomic E-state index is 13.7. The predicted octanol–water partition coefficient (Wildman–Crippen LogP) is 1.08. The minimum absolute atomic E-state index is 0.118. The van der Waals surface area contributed by atoms with Crippen molar-refractivity contribution in [2.75, 3.05) is 7.05 Å². The van der Waals surface area contributed by atoms with Crippen molar-refractivity contribution in [3.63, 3.8) is 0 Å². The third-order valence-corrected chi connectivity index (χ3v) is 3.09. The number of carbonyl (C=O) groups excluding carboxylic acids is 1. The van der Waals surface area contributed by atoms with E-state index in [4.69, 9.17) is 5.11 Å². The Kier molecular flexibility index (Phi) is 4.50. The van der Waals surface area contributed by atoms with Crippen molar-refractivity contribution >= 4 is 11.9 Å². The summed E-state index contributed by atoms with van der Waals surface area (Å²) >= 11 is 0. The molecule has 0 saturated heterocycles. The van der Waals surface area contributed by atoms with Gasteiger partial charge in [0.25, 0.3) is 0 Å². The van der Waals surface area contributed by atoms with Crippen molar-refractivity contribution in [3.8, 4) is 0 Å². The first-order valence-corrected chi connectivity index (χ1v) is 6.49. The number of likely N-dealkylation sites (N-methyl/N-ethyl adjacent to an activating group) is 1. The molecule has 0 unspecified atom stereocenters. The summed E-state index contributed by atoms with van der Waals surface area (Å²) in [5.41, 5.74) is 1.08. The van der Waals surface area contributed by atoms with E-state index in [2.05, 4.69) is 10.3 Å². The number of aromatic nitrogens is 3. The van der Waals surface area contributed by atoms with Crippen molar-refractivity contribution in [2.24, 2.45) is 0 Å². The molecule has 116 valence electrons. The standard InChI is InChI=1S/C14H15FN4O3/c1-9-3-4-11(15)10(5-9)6-18(2)13(20)8-19-7-12(14(21)22)16-17-19/h3-5,7H,6,8H2,1-2H3,(H,21,22). The molecule has 0 aliphatic rings. The van der Waals surface area contributed by atoms with E-state index in [1.54, 1.807) is 19.2 Å². The van der Waals surface area contributed by atoms with Crippen LogP contribution < -0.4 is 0 Å². The van der Waals surface area contributed by atoms with Gasteiger partial charge in [-0.05, 0) is 13.0 Å². The Balaban J connectivity index is 2.02. The second-order valence-electron chi connectivity index (χ2n) is 4.95. The van der Waals surface area contributed by atoms with E-state index in [0.29, 0.717) is 5.56 Å². The molecule has 0 saturated carbocycles. The van der Waals surface area contributed by atoms with Crippen molar-refractivity contribution in [1.29, 1.82) is 0 Å². The summed E-state index contributed by atoms with van der Waals surface area (Å²) in [6.07, 6.45) is 1.17. The Morgan fingerprint density at radius 1 is 1.41 bits per heavy atom. The molecule has 0 aliphatic carbocycles. The smallest absolute Gasteiger partial charge is 0.358 e. The highest BCUT2D eigenvalue weighted by atomic mass is 19.1. The lowest BCUT2D eigenvalue weighted by Gasteiger charge is -2.17. The van der Waals surface area contributed by atoms with Crippen LogP contribution in [0, 0.1) is 12.7 Å². The lowest BCUT2D eigenvalue weighted by molar-refractivity contribution is -0.131. The monoisotopic (exact) mass is 306 g/mol. The minimum atomic E-state index is -1.21. The Labute approximate surface area is 126 Å². The fourth-order valence-electron chi connectivity index (χ4n) is 1.90. The van der Waals surface area contributed by atoms with Crippen molar-refractivity contribution < 1.29 is 19.1 Å². The number of carboxylic acid groups (broad SMARTS) is 1. The molecular formula is C14H15FN4O3. The molecule has 0 spiro atoms. The zero-order valence-corrected chi connectivity index (χ0v) is 12.2. The summed E-state index contributed by atoms with van der Waals surface area (Å²) in [4.78, 5) is 24.1. The molecule has 2 aromatic rings. The third-order valence-electron chi connectivity index (χ3n) is 3.09. The average molecular weight is 306 g/mol. The summed E-state index contributed by atoms with van der Waals surface area (Å²) in [5.74, 6) is -1.92. The number of nitrogens with zero attached hydrogens (tertiary/aromatic N) is 4. The summed E-state index contributed by atoms with van der Waals surface area (Å²) in [5, 5.41) is 15.7. The highest BCUT2D eigenvalue weighted by Crippen LogP contribution is 2.12.